The number of nitrogens with one attached hydrogen (secondary N) is 1. The lowest BCUT2D eigenvalue weighted by molar-refractivity contribution is 0.476. The van der Waals surface area contributed by atoms with E-state index in [1.165, 1.54) is 0 Å². The Morgan fingerprint density at radius 1 is 1.37 bits per heavy atom. The fourth-order valence-electron chi connectivity index (χ4n) is 1.79. The van der Waals surface area contributed by atoms with Gasteiger partial charge in [0.2, 0.25) is 0 Å². The third kappa shape index (κ3) is 2.93. The minimum absolute atomic E-state index is 0.0664. The number of aryl methyl sites for hydroxylation is 1. The van der Waals surface area contributed by atoms with E-state index in [1.54, 1.807) is 18.3 Å². The summed E-state index contributed by atoms with van der Waals surface area (Å²) >= 11 is 0. The standard InChI is InChI=1S/C14H18N4O/c1-9(2)18-8-12(7-17-18)19-11-4-5-13(14(15)16)10(3)6-11/h4-9H,1-3H3,(H3,15,16). The maximum absolute atomic E-state index is 7.44. The summed E-state index contributed by atoms with van der Waals surface area (Å²) in [5.74, 6) is 1.48. The Kier molecular flexibility index (Phi) is 3.55. The van der Waals surface area contributed by atoms with E-state index in [-0.39, 0.29) is 5.84 Å². The van der Waals surface area contributed by atoms with E-state index in [0.29, 0.717) is 17.5 Å². The van der Waals surface area contributed by atoms with E-state index in [0.717, 1.165) is 11.1 Å². The number of nitrogens with zero attached hydrogens (tertiary/aromatic N) is 2. The Balaban J connectivity index is 2.19. The van der Waals surface area contributed by atoms with Crippen molar-refractivity contribution in [1.82, 2.24) is 9.78 Å². The second-order valence-corrected chi connectivity index (χ2v) is 4.74. The maximum Gasteiger partial charge on any atom is 0.165 e. The first kappa shape index (κ1) is 13.1. The molecule has 0 atom stereocenters. The molecular formula is C14H18N4O. The van der Waals surface area contributed by atoms with Gasteiger partial charge in [-0.1, -0.05) is 0 Å². The normalized spacial score (nSPS) is 10.7. The number of nitrogens with two attached hydrogens (primary N) is 1. The highest BCUT2D eigenvalue weighted by atomic mass is 16.5. The molecule has 5 nitrogen and oxygen atoms in total. The summed E-state index contributed by atoms with van der Waals surface area (Å²) in [7, 11) is 0. The van der Waals surface area contributed by atoms with Gasteiger partial charge in [-0.25, -0.2) is 0 Å². The monoisotopic (exact) mass is 258 g/mol. The third-order valence-electron chi connectivity index (χ3n) is 2.83. The van der Waals surface area contributed by atoms with E-state index in [1.807, 2.05) is 23.9 Å². The van der Waals surface area contributed by atoms with Crippen molar-refractivity contribution in [3.63, 3.8) is 0 Å². The number of hydrogen-bond acceptors (Lipinski definition) is 3. The molecule has 2 aromatic rings. The predicted molar refractivity (Wildman–Crippen MR) is 74.9 cm³/mol. The fraction of sp³-hybridized carbons (Fsp3) is 0.286. The van der Waals surface area contributed by atoms with E-state index in [9.17, 15) is 0 Å². The molecule has 0 spiro atoms. The van der Waals surface area contributed by atoms with Crippen molar-refractivity contribution < 1.29 is 4.74 Å². The van der Waals surface area contributed by atoms with E-state index in [2.05, 4.69) is 18.9 Å². The summed E-state index contributed by atoms with van der Waals surface area (Å²) in [4.78, 5) is 0. The molecule has 0 radical (unpaired) electrons. The van der Waals surface area contributed by atoms with Crippen LogP contribution >= 0.6 is 0 Å². The summed E-state index contributed by atoms with van der Waals surface area (Å²) in [5.41, 5.74) is 7.13. The topological polar surface area (TPSA) is 76.9 Å². The molecule has 1 aromatic carbocycles. The van der Waals surface area contributed by atoms with E-state index in [4.69, 9.17) is 15.9 Å². The molecular weight excluding hydrogens is 240 g/mol. The van der Waals surface area contributed by atoms with Gasteiger partial charge in [0.1, 0.15) is 11.6 Å². The number of hydrogen-bond donors (Lipinski definition) is 2. The zero-order chi connectivity index (χ0) is 14.0. The quantitative estimate of drug-likeness (QED) is 0.654. The van der Waals surface area contributed by atoms with Gasteiger partial charge in [0.15, 0.2) is 5.75 Å². The van der Waals surface area contributed by atoms with Gasteiger partial charge < -0.3 is 10.5 Å². The predicted octanol–water partition coefficient (Wildman–Crippen LogP) is 2.85. The van der Waals surface area contributed by atoms with Crippen molar-refractivity contribution in [2.24, 2.45) is 5.73 Å². The smallest absolute Gasteiger partial charge is 0.165 e. The van der Waals surface area contributed by atoms with Crippen LogP contribution in [0.4, 0.5) is 0 Å². The summed E-state index contributed by atoms with van der Waals surface area (Å²) in [6.45, 7) is 6.02. The fourth-order valence-corrected chi connectivity index (χ4v) is 1.79. The van der Waals surface area contributed by atoms with Gasteiger partial charge in [-0.3, -0.25) is 10.1 Å². The van der Waals surface area contributed by atoms with Crippen LogP contribution in [0.15, 0.2) is 30.6 Å². The molecule has 0 aliphatic rings. The summed E-state index contributed by atoms with van der Waals surface area (Å²) in [6, 6.07) is 5.76. The molecule has 3 N–H and O–H groups in total. The molecule has 100 valence electrons. The number of nitrogen functional groups attached to an aromatic ring is 1. The van der Waals surface area contributed by atoms with Gasteiger partial charge in [-0.2, -0.15) is 5.10 Å². The van der Waals surface area contributed by atoms with Gasteiger partial charge in [-0.05, 0) is 44.5 Å². The Labute approximate surface area is 112 Å². The van der Waals surface area contributed by atoms with E-state index < -0.39 is 0 Å². The highest BCUT2D eigenvalue weighted by Gasteiger charge is 2.06. The van der Waals surface area contributed by atoms with Gasteiger partial charge >= 0.3 is 0 Å². The van der Waals surface area contributed by atoms with Crippen LogP contribution in [0.2, 0.25) is 0 Å². The molecule has 0 bridgehead atoms. The summed E-state index contributed by atoms with van der Waals surface area (Å²) < 4.78 is 7.57. The molecule has 1 heterocycles. The first-order valence-corrected chi connectivity index (χ1v) is 6.14. The Bertz CT molecular complexity index is 601. The molecule has 0 aliphatic carbocycles. The highest BCUT2D eigenvalue weighted by molar-refractivity contribution is 5.96. The number of amidine groups is 1. The zero-order valence-corrected chi connectivity index (χ0v) is 11.3. The molecule has 5 heteroatoms. The van der Waals surface area contributed by atoms with Crippen molar-refractivity contribution in [2.75, 3.05) is 0 Å². The highest BCUT2D eigenvalue weighted by Crippen LogP contribution is 2.24. The molecule has 0 saturated heterocycles. The molecule has 1 aromatic heterocycles. The number of benzene rings is 1. The van der Waals surface area contributed by atoms with Crippen LogP contribution in [0.5, 0.6) is 11.5 Å². The van der Waals surface area contributed by atoms with Gasteiger partial charge in [0, 0.05) is 11.6 Å². The summed E-state index contributed by atoms with van der Waals surface area (Å²) in [6.07, 6.45) is 3.55. The molecule has 0 aliphatic heterocycles. The number of aromatic nitrogens is 2. The minimum atomic E-state index is 0.0664. The third-order valence-corrected chi connectivity index (χ3v) is 2.83. The average Bonchev–Trinajstić information content (AvgIpc) is 2.77. The Morgan fingerprint density at radius 3 is 2.63 bits per heavy atom. The molecule has 19 heavy (non-hydrogen) atoms. The molecule has 0 unspecified atom stereocenters. The lowest BCUT2D eigenvalue weighted by Crippen LogP contribution is -2.12. The Hall–Kier alpha value is -2.30. The number of ether oxygens (including phenoxy) is 1. The van der Waals surface area contributed by atoms with Crippen LogP contribution in [0.25, 0.3) is 0 Å². The van der Waals surface area contributed by atoms with Crippen molar-refractivity contribution >= 4 is 5.84 Å². The van der Waals surface area contributed by atoms with Crippen LogP contribution in [-0.2, 0) is 0 Å². The molecule has 0 saturated carbocycles. The van der Waals surface area contributed by atoms with E-state index >= 15 is 0 Å². The van der Waals surface area contributed by atoms with Crippen LogP contribution in [0.3, 0.4) is 0 Å². The molecule has 0 amide bonds. The Morgan fingerprint density at radius 2 is 2.11 bits per heavy atom. The average molecular weight is 258 g/mol. The lowest BCUT2D eigenvalue weighted by atomic mass is 10.1. The minimum Gasteiger partial charge on any atom is -0.454 e. The number of rotatable bonds is 4. The SMILES string of the molecule is Cc1cc(Oc2cnn(C(C)C)c2)ccc1C(=N)N. The van der Waals surface area contributed by atoms with Gasteiger partial charge in [0.05, 0.1) is 12.4 Å². The van der Waals surface area contributed by atoms with Crippen LogP contribution in [0.1, 0.15) is 31.0 Å². The lowest BCUT2D eigenvalue weighted by Gasteiger charge is -2.08. The summed E-state index contributed by atoms with van der Waals surface area (Å²) in [5, 5.41) is 11.7. The molecule has 0 fully saturated rings. The second kappa shape index (κ2) is 5.14. The van der Waals surface area contributed by atoms with Crippen molar-refractivity contribution in [1.29, 1.82) is 5.41 Å². The first-order valence-electron chi connectivity index (χ1n) is 6.14. The van der Waals surface area contributed by atoms with Crippen LogP contribution in [0, 0.1) is 12.3 Å². The first-order chi connectivity index (χ1) is 8.97. The van der Waals surface area contributed by atoms with Crippen LogP contribution in [-0.4, -0.2) is 15.6 Å². The molecule has 2 rings (SSSR count). The zero-order valence-electron chi connectivity index (χ0n) is 11.3. The van der Waals surface area contributed by atoms with Crippen molar-refractivity contribution in [3.8, 4) is 11.5 Å². The van der Waals surface area contributed by atoms with Crippen molar-refractivity contribution in [3.05, 3.63) is 41.7 Å². The largest absolute Gasteiger partial charge is 0.454 e. The maximum atomic E-state index is 7.44. The van der Waals surface area contributed by atoms with Crippen LogP contribution < -0.4 is 10.5 Å². The van der Waals surface area contributed by atoms with Gasteiger partial charge in [-0.15, -0.1) is 0 Å². The van der Waals surface area contributed by atoms with Crippen molar-refractivity contribution in [2.45, 2.75) is 26.8 Å². The van der Waals surface area contributed by atoms with Gasteiger partial charge in [0.25, 0.3) is 0 Å². The second-order valence-electron chi connectivity index (χ2n) is 4.74.